The number of hydrogen-bond acceptors (Lipinski definition) is 5. The SMILES string of the molecule is CNCc1nnc(CCc2cccc(OC)c2)s1. The fraction of sp³-hybridized carbons (Fsp3) is 0.385. The molecule has 0 fully saturated rings. The molecular weight excluding hydrogens is 246 g/mol. The Bertz CT molecular complexity index is 498. The molecule has 4 nitrogen and oxygen atoms in total. The van der Waals surface area contributed by atoms with Gasteiger partial charge in [0.05, 0.1) is 7.11 Å². The minimum Gasteiger partial charge on any atom is -0.497 e. The Hall–Kier alpha value is -1.46. The van der Waals surface area contributed by atoms with Crippen LogP contribution < -0.4 is 10.1 Å². The molecule has 0 bridgehead atoms. The predicted octanol–water partition coefficient (Wildman–Crippen LogP) is 2.05. The van der Waals surface area contributed by atoms with E-state index in [1.54, 1.807) is 18.4 Å². The summed E-state index contributed by atoms with van der Waals surface area (Å²) < 4.78 is 5.21. The molecular formula is C13H17N3OS. The summed E-state index contributed by atoms with van der Waals surface area (Å²) in [5.74, 6) is 0.903. The third-order valence-electron chi connectivity index (χ3n) is 2.60. The molecule has 2 rings (SSSR count). The van der Waals surface area contributed by atoms with E-state index < -0.39 is 0 Å². The number of rotatable bonds is 6. The van der Waals surface area contributed by atoms with Crippen molar-refractivity contribution in [3.8, 4) is 5.75 Å². The van der Waals surface area contributed by atoms with Crippen LogP contribution >= 0.6 is 11.3 Å². The molecule has 0 saturated carbocycles. The number of aromatic nitrogens is 2. The molecule has 0 amide bonds. The highest BCUT2D eigenvalue weighted by Crippen LogP contribution is 2.16. The lowest BCUT2D eigenvalue weighted by molar-refractivity contribution is 0.414. The average molecular weight is 263 g/mol. The van der Waals surface area contributed by atoms with E-state index in [0.29, 0.717) is 0 Å². The van der Waals surface area contributed by atoms with Gasteiger partial charge in [-0.05, 0) is 31.2 Å². The summed E-state index contributed by atoms with van der Waals surface area (Å²) in [6, 6.07) is 8.15. The van der Waals surface area contributed by atoms with Crippen LogP contribution in [0.5, 0.6) is 5.75 Å². The van der Waals surface area contributed by atoms with Crippen molar-refractivity contribution in [2.24, 2.45) is 0 Å². The number of aryl methyl sites for hydroxylation is 2. The molecule has 0 atom stereocenters. The van der Waals surface area contributed by atoms with Crippen LogP contribution in [0.15, 0.2) is 24.3 Å². The third-order valence-corrected chi connectivity index (χ3v) is 3.58. The van der Waals surface area contributed by atoms with Gasteiger partial charge < -0.3 is 10.1 Å². The predicted molar refractivity (Wildman–Crippen MR) is 73.1 cm³/mol. The summed E-state index contributed by atoms with van der Waals surface area (Å²) in [7, 11) is 3.60. The maximum atomic E-state index is 5.21. The van der Waals surface area contributed by atoms with Crippen molar-refractivity contribution in [3.63, 3.8) is 0 Å². The highest BCUT2D eigenvalue weighted by atomic mass is 32.1. The molecule has 5 heteroatoms. The summed E-state index contributed by atoms with van der Waals surface area (Å²) in [5.41, 5.74) is 1.26. The van der Waals surface area contributed by atoms with E-state index in [1.165, 1.54) is 5.56 Å². The first-order valence-electron chi connectivity index (χ1n) is 5.90. The summed E-state index contributed by atoms with van der Waals surface area (Å²) in [6.07, 6.45) is 1.89. The number of methoxy groups -OCH3 is 1. The lowest BCUT2D eigenvalue weighted by atomic mass is 10.1. The molecule has 0 radical (unpaired) electrons. The number of hydrogen-bond donors (Lipinski definition) is 1. The van der Waals surface area contributed by atoms with E-state index in [0.717, 1.165) is 35.2 Å². The monoisotopic (exact) mass is 263 g/mol. The normalized spacial score (nSPS) is 10.6. The van der Waals surface area contributed by atoms with Gasteiger partial charge in [-0.1, -0.05) is 12.1 Å². The third kappa shape index (κ3) is 3.51. The number of nitrogens with one attached hydrogen (secondary N) is 1. The van der Waals surface area contributed by atoms with E-state index >= 15 is 0 Å². The van der Waals surface area contributed by atoms with E-state index in [9.17, 15) is 0 Å². The zero-order valence-corrected chi connectivity index (χ0v) is 11.5. The molecule has 0 aliphatic carbocycles. The smallest absolute Gasteiger partial charge is 0.131 e. The van der Waals surface area contributed by atoms with Crippen molar-refractivity contribution >= 4 is 11.3 Å². The summed E-state index contributed by atoms with van der Waals surface area (Å²) in [6.45, 7) is 0.789. The van der Waals surface area contributed by atoms with Gasteiger partial charge in [-0.2, -0.15) is 0 Å². The molecule has 0 aliphatic rings. The first kappa shape index (κ1) is 13.0. The van der Waals surface area contributed by atoms with Crippen molar-refractivity contribution in [2.45, 2.75) is 19.4 Å². The van der Waals surface area contributed by atoms with Crippen LogP contribution in [-0.2, 0) is 19.4 Å². The molecule has 0 spiro atoms. The number of nitrogens with zero attached hydrogens (tertiary/aromatic N) is 2. The second-order valence-electron chi connectivity index (χ2n) is 3.97. The Morgan fingerprint density at radius 1 is 1.22 bits per heavy atom. The van der Waals surface area contributed by atoms with Crippen LogP contribution in [0.4, 0.5) is 0 Å². The molecule has 18 heavy (non-hydrogen) atoms. The molecule has 0 saturated heterocycles. The van der Waals surface area contributed by atoms with Gasteiger partial charge in [-0.3, -0.25) is 0 Å². The molecule has 1 N–H and O–H groups in total. The quantitative estimate of drug-likeness (QED) is 0.866. The Morgan fingerprint density at radius 3 is 2.83 bits per heavy atom. The standard InChI is InChI=1S/C13H17N3OS/c1-14-9-13-16-15-12(18-13)7-6-10-4-3-5-11(8-10)17-2/h3-5,8,14H,6-7,9H2,1-2H3. The topological polar surface area (TPSA) is 47.0 Å². The Balaban J connectivity index is 1.93. The second-order valence-corrected chi connectivity index (χ2v) is 5.12. The fourth-order valence-corrected chi connectivity index (χ4v) is 2.55. The first-order chi connectivity index (χ1) is 8.81. The zero-order valence-electron chi connectivity index (χ0n) is 10.6. The summed E-state index contributed by atoms with van der Waals surface area (Å²) >= 11 is 1.67. The van der Waals surface area contributed by atoms with Crippen LogP contribution in [0.2, 0.25) is 0 Å². The van der Waals surface area contributed by atoms with Gasteiger partial charge in [0.1, 0.15) is 15.8 Å². The minimum atomic E-state index is 0.789. The van der Waals surface area contributed by atoms with Crippen molar-refractivity contribution < 1.29 is 4.74 Å². The van der Waals surface area contributed by atoms with Crippen molar-refractivity contribution in [1.82, 2.24) is 15.5 Å². The van der Waals surface area contributed by atoms with Gasteiger partial charge in [0, 0.05) is 13.0 Å². The van der Waals surface area contributed by atoms with E-state index in [2.05, 4.69) is 27.6 Å². The van der Waals surface area contributed by atoms with E-state index in [-0.39, 0.29) is 0 Å². The molecule has 1 heterocycles. The summed E-state index contributed by atoms with van der Waals surface area (Å²) in [5, 5.41) is 13.5. The fourth-order valence-electron chi connectivity index (χ4n) is 1.69. The molecule has 1 aromatic carbocycles. The minimum absolute atomic E-state index is 0.789. The molecule has 1 aromatic heterocycles. The summed E-state index contributed by atoms with van der Waals surface area (Å²) in [4.78, 5) is 0. The van der Waals surface area contributed by atoms with Gasteiger partial charge in [0.2, 0.25) is 0 Å². The van der Waals surface area contributed by atoms with E-state index in [1.807, 2.05) is 19.2 Å². The van der Waals surface area contributed by atoms with Crippen LogP contribution in [0.3, 0.4) is 0 Å². The Morgan fingerprint density at radius 2 is 2.06 bits per heavy atom. The van der Waals surface area contributed by atoms with Crippen LogP contribution in [0.1, 0.15) is 15.6 Å². The second kappa shape index (κ2) is 6.47. The Kier molecular flexibility index (Phi) is 4.66. The van der Waals surface area contributed by atoms with Gasteiger partial charge in [-0.25, -0.2) is 0 Å². The largest absolute Gasteiger partial charge is 0.497 e. The van der Waals surface area contributed by atoms with Gasteiger partial charge in [0.25, 0.3) is 0 Å². The maximum Gasteiger partial charge on any atom is 0.131 e. The van der Waals surface area contributed by atoms with Crippen molar-refractivity contribution in [1.29, 1.82) is 0 Å². The van der Waals surface area contributed by atoms with Crippen molar-refractivity contribution in [2.75, 3.05) is 14.2 Å². The van der Waals surface area contributed by atoms with E-state index in [4.69, 9.17) is 4.74 Å². The lowest BCUT2D eigenvalue weighted by Crippen LogP contribution is -2.04. The first-order valence-corrected chi connectivity index (χ1v) is 6.72. The van der Waals surface area contributed by atoms with Crippen LogP contribution in [0.25, 0.3) is 0 Å². The molecule has 0 unspecified atom stereocenters. The van der Waals surface area contributed by atoms with Gasteiger partial charge in [0.15, 0.2) is 0 Å². The lowest BCUT2D eigenvalue weighted by Gasteiger charge is -2.02. The zero-order chi connectivity index (χ0) is 12.8. The highest BCUT2D eigenvalue weighted by Gasteiger charge is 2.04. The number of ether oxygens (including phenoxy) is 1. The molecule has 96 valence electrons. The van der Waals surface area contributed by atoms with Crippen LogP contribution in [0, 0.1) is 0 Å². The van der Waals surface area contributed by atoms with Gasteiger partial charge >= 0.3 is 0 Å². The molecule has 2 aromatic rings. The average Bonchev–Trinajstić information content (AvgIpc) is 2.85. The number of benzene rings is 1. The Labute approximate surface area is 111 Å². The van der Waals surface area contributed by atoms with Gasteiger partial charge in [-0.15, -0.1) is 21.5 Å². The molecule has 0 aliphatic heterocycles. The highest BCUT2D eigenvalue weighted by molar-refractivity contribution is 7.11. The van der Waals surface area contributed by atoms with Crippen LogP contribution in [-0.4, -0.2) is 24.4 Å². The van der Waals surface area contributed by atoms with Crippen molar-refractivity contribution in [3.05, 3.63) is 39.8 Å². The maximum absolute atomic E-state index is 5.21.